The van der Waals surface area contributed by atoms with Gasteiger partial charge in [-0.3, -0.25) is 4.79 Å². The molecule has 0 bridgehead atoms. The van der Waals surface area contributed by atoms with Gasteiger partial charge in [-0.25, -0.2) is 4.98 Å². The molecular formula is C22H30N4O. The van der Waals surface area contributed by atoms with Gasteiger partial charge in [-0.15, -0.1) is 0 Å². The molecule has 2 heterocycles. The summed E-state index contributed by atoms with van der Waals surface area (Å²) in [6, 6.07) is 11.9. The summed E-state index contributed by atoms with van der Waals surface area (Å²) in [5.41, 5.74) is 3.01. The zero-order valence-electron chi connectivity index (χ0n) is 16.8. The molecule has 27 heavy (non-hydrogen) atoms. The summed E-state index contributed by atoms with van der Waals surface area (Å²) in [6.07, 6.45) is 1.86. The van der Waals surface area contributed by atoms with Crippen molar-refractivity contribution in [1.29, 1.82) is 0 Å². The molecule has 1 aliphatic rings. The van der Waals surface area contributed by atoms with Gasteiger partial charge < -0.3 is 15.1 Å². The molecule has 0 unspecified atom stereocenters. The number of aromatic nitrogens is 1. The molecule has 1 amide bonds. The largest absolute Gasteiger partial charge is 0.354 e. The Morgan fingerprint density at radius 3 is 2.26 bits per heavy atom. The van der Waals surface area contributed by atoms with Crippen LogP contribution >= 0.6 is 0 Å². The second-order valence-corrected chi connectivity index (χ2v) is 8.32. The highest BCUT2D eigenvalue weighted by Gasteiger charge is 2.16. The van der Waals surface area contributed by atoms with E-state index < -0.39 is 0 Å². The third-order valence-corrected chi connectivity index (χ3v) is 5.10. The average Bonchev–Trinajstić information content (AvgIpc) is 2.66. The van der Waals surface area contributed by atoms with Crippen LogP contribution in [0.15, 0.2) is 42.6 Å². The summed E-state index contributed by atoms with van der Waals surface area (Å²) < 4.78 is 0. The summed E-state index contributed by atoms with van der Waals surface area (Å²) >= 11 is 0. The van der Waals surface area contributed by atoms with Crippen molar-refractivity contribution in [1.82, 2.24) is 15.2 Å². The van der Waals surface area contributed by atoms with E-state index >= 15 is 0 Å². The highest BCUT2D eigenvalue weighted by Crippen LogP contribution is 2.22. The number of likely N-dealkylation sites (N-methyl/N-ethyl adjacent to an activating group) is 1. The fraction of sp³-hybridized carbons (Fsp3) is 0.455. The van der Waals surface area contributed by atoms with Crippen molar-refractivity contribution >= 4 is 11.7 Å². The van der Waals surface area contributed by atoms with Gasteiger partial charge >= 0.3 is 0 Å². The number of pyridine rings is 1. The lowest BCUT2D eigenvalue weighted by Crippen LogP contribution is -2.44. The van der Waals surface area contributed by atoms with Crippen LogP contribution in [0.5, 0.6) is 0 Å². The molecule has 3 rings (SSSR count). The molecule has 1 saturated heterocycles. The Labute approximate surface area is 162 Å². The van der Waals surface area contributed by atoms with Crippen LogP contribution in [0.25, 0.3) is 0 Å². The third kappa shape index (κ3) is 5.07. The maximum absolute atomic E-state index is 12.4. The minimum Gasteiger partial charge on any atom is -0.354 e. The van der Waals surface area contributed by atoms with Crippen molar-refractivity contribution in [2.45, 2.75) is 32.7 Å². The van der Waals surface area contributed by atoms with Crippen molar-refractivity contribution in [3.8, 4) is 0 Å². The predicted molar refractivity (Wildman–Crippen MR) is 110 cm³/mol. The molecule has 1 aromatic heterocycles. The molecule has 0 spiro atoms. The number of nitrogens with one attached hydrogen (secondary N) is 1. The Morgan fingerprint density at radius 2 is 1.70 bits per heavy atom. The average molecular weight is 367 g/mol. The summed E-state index contributed by atoms with van der Waals surface area (Å²) in [6.45, 7) is 11.1. The SMILES string of the molecule is CN1CCN(c2ccc(CNC(=O)c3ccc(C(C)(C)C)cc3)cn2)CC1. The number of hydrogen-bond acceptors (Lipinski definition) is 4. The topological polar surface area (TPSA) is 48.5 Å². The molecule has 0 radical (unpaired) electrons. The van der Waals surface area contributed by atoms with Crippen molar-refractivity contribution < 1.29 is 4.79 Å². The van der Waals surface area contributed by atoms with Crippen molar-refractivity contribution in [2.24, 2.45) is 0 Å². The Bertz CT molecular complexity index is 754. The maximum Gasteiger partial charge on any atom is 0.251 e. The van der Waals surface area contributed by atoms with Crippen LogP contribution in [-0.2, 0) is 12.0 Å². The highest BCUT2D eigenvalue weighted by molar-refractivity contribution is 5.94. The first kappa shape index (κ1) is 19.4. The van der Waals surface area contributed by atoms with Crippen LogP contribution in [-0.4, -0.2) is 49.0 Å². The van der Waals surface area contributed by atoms with E-state index in [4.69, 9.17) is 0 Å². The quantitative estimate of drug-likeness (QED) is 0.903. The number of rotatable bonds is 4. The molecule has 1 fully saturated rings. The first-order chi connectivity index (χ1) is 12.8. The predicted octanol–water partition coefficient (Wildman–Crippen LogP) is 3.06. The summed E-state index contributed by atoms with van der Waals surface area (Å²) in [5.74, 6) is 0.953. The second kappa shape index (κ2) is 8.09. The monoisotopic (exact) mass is 366 g/mol. The molecule has 1 N–H and O–H groups in total. The van der Waals surface area contributed by atoms with Gasteiger partial charge in [-0.1, -0.05) is 39.0 Å². The molecule has 0 atom stereocenters. The second-order valence-electron chi connectivity index (χ2n) is 8.32. The van der Waals surface area contributed by atoms with Crippen molar-refractivity contribution in [2.75, 3.05) is 38.1 Å². The van der Waals surface area contributed by atoms with E-state index in [1.807, 2.05) is 42.6 Å². The number of carbonyl (C=O) groups excluding carboxylic acids is 1. The molecule has 0 aliphatic carbocycles. The van der Waals surface area contributed by atoms with Crippen LogP contribution in [0.4, 0.5) is 5.82 Å². The van der Waals surface area contributed by atoms with Gasteiger partial charge in [0.1, 0.15) is 5.82 Å². The third-order valence-electron chi connectivity index (χ3n) is 5.10. The van der Waals surface area contributed by atoms with E-state index in [-0.39, 0.29) is 11.3 Å². The zero-order chi connectivity index (χ0) is 19.4. The maximum atomic E-state index is 12.4. The lowest BCUT2D eigenvalue weighted by Gasteiger charge is -2.33. The Morgan fingerprint density at radius 1 is 1.04 bits per heavy atom. The van der Waals surface area contributed by atoms with E-state index in [9.17, 15) is 4.79 Å². The van der Waals surface area contributed by atoms with Crippen LogP contribution in [0.1, 0.15) is 42.3 Å². The van der Waals surface area contributed by atoms with Crippen LogP contribution in [0.3, 0.4) is 0 Å². The molecular weight excluding hydrogens is 336 g/mol. The van der Waals surface area contributed by atoms with Gasteiger partial charge in [-0.2, -0.15) is 0 Å². The lowest BCUT2D eigenvalue weighted by molar-refractivity contribution is 0.0951. The number of carbonyl (C=O) groups is 1. The van der Waals surface area contributed by atoms with E-state index in [1.165, 1.54) is 5.56 Å². The molecule has 1 aliphatic heterocycles. The van der Waals surface area contributed by atoms with Crippen LogP contribution < -0.4 is 10.2 Å². The normalized spacial score (nSPS) is 15.6. The molecule has 5 heteroatoms. The number of nitrogens with zero attached hydrogens (tertiary/aromatic N) is 3. The molecule has 2 aromatic rings. The number of hydrogen-bond donors (Lipinski definition) is 1. The van der Waals surface area contributed by atoms with Gasteiger partial charge in [0.2, 0.25) is 0 Å². The summed E-state index contributed by atoms with van der Waals surface area (Å²) in [5, 5.41) is 2.98. The van der Waals surface area contributed by atoms with Gasteiger partial charge in [-0.05, 0) is 41.8 Å². The van der Waals surface area contributed by atoms with Gasteiger partial charge in [0.25, 0.3) is 5.91 Å². The number of benzene rings is 1. The first-order valence-corrected chi connectivity index (χ1v) is 9.60. The van der Waals surface area contributed by atoms with E-state index in [2.05, 4.69) is 47.9 Å². The fourth-order valence-electron chi connectivity index (χ4n) is 3.15. The molecule has 1 aromatic carbocycles. The smallest absolute Gasteiger partial charge is 0.251 e. The number of piperazine rings is 1. The Kier molecular flexibility index (Phi) is 5.80. The minimum absolute atomic E-state index is 0.0568. The molecule has 144 valence electrons. The standard InChI is InChI=1S/C22H30N4O/c1-22(2,3)19-8-6-18(7-9-19)21(27)24-16-17-5-10-20(23-15-17)26-13-11-25(4)12-14-26/h5-10,15H,11-14,16H2,1-4H3,(H,24,27). The van der Waals surface area contributed by atoms with Gasteiger partial charge in [0.05, 0.1) is 0 Å². The summed E-state index contributed by atoms with van der Waals surface area (Å²) in [7, 11) is 2.15. The van der Waals surface area contributed by atoms with Crippen molar-refractivity contribution in [3.05, 3.63) is 59.3 Å². The summed E-state index contributed by atoms with van der Waals surface area (Å²) in [4.78, 5) is 21.6. The molecule has 5 nitrogen and oxygen atoms in total. The van der Waals surface area contributed by atoms with E-state index in [0.29, 0.717) is 12.1 Å². The van der Waals surface area contributed by atoms with Crippen molar-refractivity contribution in [3.63, 3.8) is 0 Å². The van der Waals surface area contributed by atoms with Gasteiger partial charge in [0, 0.05) is 44.5 Å². The number of amides is 1. The van der Waals surface area contributed by atoms with Gasteiger partial charge in [0.15, 0.2) is 0 Å². The van der Waals surface area contributed by atoms with E-state index in [1.54, 1.807) is 0 Å². The number of anilines is 1. The first-order valence-electron chi connectivity index (χ1n) is 9.60. The highest BCUT2D eigenvalue weighted by atomic mass is 16.1. The van der Waals surface area contributed by atoms with Crippen LogP contribution in [0, 0.1) is 0 Å². The lowest BCUT2D eigenvalue weighted by atomic mass is 9.87. The fourth-order valence-corrected chi connectivity index (χ4v) is 3.15. The zero-order valence-corrected chi connectivity index (χ0v) is 16.8. The Balaban J connectivity index is 1.54. The minimum atomic E-state index is -0.0568. The van der Waals surface area contributed by atoms with Crippen LogP contribution in [0.2, 0.25) is 0 Å². The van der Waals surface area contributed by atoms with E-state index in [0.717, 1.165) is 37.6 Å². The molecule has 0 saturated carbocycles. The Hall–Kier alpha value is -2.40.